The molecule has 2 rings (SSSR count). The number of hydrogen-bond donors (Lipinski definition) is 2. The molecule has 1 amide bonds. The molecule has 0 saturated carbocycles. The average molecular weight is 368 g/mol. The van der Waals surface area contributed by atoms with Crippen LogP contribution in [0.4, 0.5) is 0 Å². The molecule has 8 heteroatoms. The van der Waals surface area contributed by atoms with Crippen LogP contribution in [0.1, 0.15) is 9.75 Å². The van der Waals surface area contributed by atoms with E-state index >= 15 is 0 Å². The second-order valence-corrected chi connectivity index (χ2v) is 7.57. The Hall–Kier alpha value is -1.64. The molecule has 25 heavy (non-hydrogen) atoms. The molecular formula is C17H29N5O2S. The number of amides is 1. The molecule has 0 bridgehead atoms. The van der Waals surface area contributed by atoms with Gasteiger partial charge in [-0.3, -0.25) is 9.69 Å². The largest absolute Gasteiger partial charge is 0.379 e. The van der Waals surface area contributed by atoms with Crippen LogP contribution in [0.25, 0.3) is 0 Å². The van der Waals surface area contributed by atoms with Gasteiger partial charge < -0.3 is 20.3 Å². The Bertz CT molecular complexity index is 567. The number of carbonyl (C=O) groups excluding carboxylic acids is 1. The summed E-state index contributed by atoms with van der Waals surface area (Å²) < 4.78 is 5.36. The van der Waals surface area contributed by atoms with Crippen LogP contribution in [0.3, 0.4) is 0 Å². The van der Waals surface area contributed by atoms with Crippen LogP contribution in [0.2, 0.25) is 0 Å². The average Bonchev–Trinajstić information content (AvgIpc) is 3.02. The molecule has 2 heterocycles. The van der Waals surface area contributed by atoms with E-state index in [0.717, 1.165) is 39.4 Å². The third-order valence-corrected chi connectivity index (χ3v) is 4.92. The van der Waals surface area contributed by atoms with Crippen molar-refractivity contribution in [2.75, 3.05) is 60.0 Å². The lowest BCUT2D eigenvalue weighted by Crippen LogP contribution is -2.44. The van der Waals surface area contributed by atoms with Crippen LogP contribution in [0.15, 0.2) is 17.1 Å². The van der Waals surface area contributed by atoms with Crippen molar-refractivity contribution in [3.63, 3.8) is 0 Å². The number of hydrogen-bond acceptors (Lipinski definition) is 5. The predicted molar refractivity (Wildman–Crippen MR) is 102 cm³/mol. The lowest BCUT2D eigenvalue weighted by molar-refractivity contribution is -0.127. The van der Waals surface area contributed by atoms with E-state index in [-0.39, 0.29) is 12.5 Å². The van der Waals surface area contributed by atoms with Gasteiger partial charge in [0.2, 0.25) is 5.91 Å². The lowest BCUT2D eigenvalue weighted by atomic mass is 10.4. The number of guanidine groups is 1. The van der Waals surface area contributed by atoms with Crippen LogP contribution in [0, 0.1) is 6.92 Å². The minimum absolute atomic E-state index is 0.0127. The Kier molecular flexibility index (Phi) is 8.17. The molecule has 1 fully saturated rings. The second-order valence-electron chi connectivity index (χ2n) is 6.20. The van der Waals surface area contributed by atoms with E-state index in [1.807, 2.05) is 0 Å². The summed E-state index contributed by atoms with van der Waals surface area (Å²) in [6.45, 7) is 8.20. The van der Waals surface area contributed by atoms with Gasteiger partial charge in [-0.2, -0.15) is 0 Å². The third-order valence-electron chi connectivity index (χ3n) is 3.92. The first kappa shape index (κ1) is 19.7. The van der Waals surface area contributed by atoms with Crippen LogP contribution in [-0.4, -0.2) is 81.7 Å². The number of carbonyl (C=O) groups is 1. The van der Waals surface area contributed by atoms with Gasteiger partial charge in [0.1, 0.15) is 6.54 Å². The molecule has 0 atom stereocenters. The second kappa shape index (κ2) is 10.4. The first-order valence-corrected chi connectivity index (χ1v) is 9.44. The summed E-state index contributed by atoms with van der Waals surface area (Å²) in [5.41, 5.74) is 0. The van der Waals surface area contributed by atoms with E-state index in [9.17, 15) is 4.79 Å². The van der Waals surface area contributed by atoms with Crippen molar-refractivity contribution in [3.8, 4) is 0 Å². The summed E-state index contributed by atoms with van der Waals surface area (Å²) in [5, 5.41) is 6.65. The minimum atomic E-state index is -0.0127. The van der Waals surface area contributed by atoms with Crippen molar-refractivity contribution in [2.45, 2.75) is 13.5 Å². The van der Waals surface area contributed by atoms with Crippen LogP contribution >= 0.6 is 11.3 Å². The quantitative estimate of drug-likeness (QED) is 0.543. The standard InChI is InChI=1S/C17H29N5O2S/c1-14-4-5-15(25-14)12-19-17(20-13-16(23)21(2)3)18-6-7-22-8-10-24-11-9-22/h4-5H,6-13H2,1-3H3,(H2,18,19,20). The summed E-state index contributed by atoms with van der Waals surface area (Å²) in [5.74, 6) is 0.663. The van der Waals surface area contributed by atoms with E-state index in [0.29, 0.717) is 12.5 Å². The Morgan fingerprint density at radius 3 is 2.72 bits per heavy atom. The summed E-state index contributed by atoms with van der Waals surface area (Å²) in [7, 11) is 3.48. The maximum absolute atomic E-state index is 11.8. The van der Waals surface area contributed by atoms with Gasteiger partial charge in [0.05, 0.1) is 19.8 Å². The van der Waals surface area contributed by atoms with E-state index < -0.39 is 0 Å². The number of aliphatic imine (C=N–C) groups is 1. The molecule has 0 aliphatic carbocycles. The molecule has 7 nitrogen and oxygen atoms in total. The van der Waals surface area contributed by atoms with Crippen molar-refractivity contribution < 1.29 is 9.53 Å². The topological polar surface area (TPSA) is 69.2 Å². The zero-order valence-electron chi connectivity index (χ0n) is 15.4. The minimum Gasteiger partial charge on any atom is -0.379 e. The molecule has 0 radical (unpaired) electrons. The SMILES string of the molecule is Cc1ccc(CNC(=NCC(=O)N(C)C)NCCN2CCOCC2)s1. The maximum Gasteiger partial charge on any atom is 0.243 e. The van der Waals surface area contributed by atoms with Crippen LogP contribution in [0.5, 0.6) is 0 Å². The molecule has 0 spiro atoms. The number of nitrogens with one attached hydrogen (secondary N) is 2. The van der Waals surface area contributed by atoms with Crippen molar-refractivity contribution in [1.82, 2.24) is 20.4 Å². The first-order valence-electron chi connectivity index (χ1n) is 8.62. The monoisotopic (exact) mass is 367 g/mol. The molecule has 1 aliphatic rings. The zero-order valence-corrected chi connectivity index (χ0v) is 16.2. The van der Waals surface area contributed by atoms with E-state index in [2.05, 4.69) is 39.6 Å². The van der Waals surface area contributed by atoms with Gasteiger partial charge in [-0.05, 0) is 19.1 Å². The number of likely N-dealkylation sites (N-methyl/N-ethyl adjacent to an activating group) is 1. The Labute approximate surface area is 154 Å². The first-order chi connectivity index (χ1) is 12.0. The molecule has 1 aliphatic heterocycles. The van der Waals surface area contributed by atoms with Gasteiger partial charge in [-0.1, -0.05) is 0 Å². The van der Waals surface area contributed by atoms with Crippen molar-refractivity contribution in [1.29, 1.82) is 0 Å². The van der Waals surface area contributed by atoms with Gasteiger partial charge in [-0.25, -0.2) is 4.99 Å². The predicted octanol–water partition coefficient (Wildman–Crippen LogP) is 0.512. The Balaban J connectivity index is 1.83. The Morgan fingerprint density at radius 2 is 2.08 bits per heavy atom. The van der Waals surface area contributed by atoms with Gasteiger partial charge in [0, 0.05) is 50.0 Å². The number of morpholine rings is 1. The number of ether oxygens (including phenoxy) is 1. The van der Waals surface area contributed by atoms with E-state index in [1.165, 1.54) is 9.75 Å². The highest BCUT2D eigenvalue weighted by atomic mass is 32.1. The molecule has 0 unspecified atom stereocenters. The molecule has 0 aromatic carbocycles. The number of nitrogens with zero attached hydrogens (tertiary/aromatic N) is 3. The fraction of sp³-hybridized carbons (Fsp3) is 0.647. The molecule has 140 valence electrons. The van der Waals surface area contributed by atoms with Crippen LogP contribution < -0.4 is 10.6 Å². The summed E-state index contributed by atoms with van der Waals surface area (Å²) in [6, 6.07) is 4.23. The third kappa shape index (κ3) is 7.41. The molecule has 2 N–H and O–H groups in total. The van der Waals surface area contributed by atoms with E-state index in [4.69, 9.17) is 4.74 Å². The lowest BCUT2D eigenvalue weighted by Gasteiger charge is -2.26. The highest BCUT2D eigenvalue weighted by Crippen LogP contribution is 2.14. The smallest absolute Gasteiger partial charge is 0.243 e. The molecule has 1 aromatic rings. The fourth-order valence-corrected chi connectivity index (χ4v) is 3.20. The van der Waals surface area contributed by atoms with Gasteiger partial charge in [0.25, 0.3) is 0 Å². The summed E-state index contributed by atoms with van der Waals surface area (Å²) >= 11 is 1.76. The number of thiophene rings is 1. The highest BCUT2D eigenvalue weighted by molar-refractivity contribution is 7.11. The molecule has 1 saturated heterocycles. The zero-order chi connectivity index (χ0) is 18.1. The van der Waals surface area contributed by atoms with Crippen LogP contribution in [-0.2, 0) is 16.1 Å². The van der Waals surface area contributed by atoms with Crippen molar-refractivity contribution in [2.24, 2.45) is 4.99 Å². The van der Waals surface area contributed by atoms with E-state index in [1.54, 1.807) is 30.3 Å². The normalized spacial score (nSPS) is 15.9. The summed E-state index contributed by atoms with van der Waals surface area (Å²) in [6.07, 6.45) is 0. The van der Waals surface area contributed by atoms with Gasteiger partial charge >= 0.3 is 0 Å². The Morgan fingerprint density at radius 1 is 1.32 bits per heavy atom. The fourth-order valence-electron chi connectivity index (χ4n) is 2.37. The molecule has 1 aromatic heterocycles. The van der Waals surface area contributed by atoms with Crippen molar-refractivity contribution >= 4 is 23.2 Å². The summed E-state index contributed by atoms with van der Waals surface area (Å²) in [4.78, 5) is 22.7. The van der Waals surface area contributed by atoms with Crippen molar-refractivity contribution in [3.05, 3.63) is 21.9 Å². The highest BCUT2D eigenvalue weighted by Gasteiger charge is 2.10. The van der Waals surface area contributed by atoms with Gasteiger partial charge in [0.15, 0.2) is 5.96 Å². The number of rotatable bonds is 7. The van der Waals surface area contributed by atoms with Gasteiger partial charge in [-0.15, -0.1) is 11.3 Å². The maximum atomic E-state index is 11.8. The molecular weight excluding hydrogens is 338 g/mol. The number of aryl methyl sites for hydroxylation is 1.